The van der Waals surface area contributed by atoms with Crippen LogP contribution in [0.3, 0.4) is 0 Å². The van der Waals surface area contributed by atoms with Crippen molar-refractivity contribution in [3.8, 4) is 0 Å². The molecule has 0 aromatic carbocycles. The van der Waals surface area contributed by atoms with Crippen molar-refractivity contribution in [2.75, 3.05) is 7.05 Å². The van der Waals surface area contributed by atoms with Crippen LogP contribution in [0.2, 0.25) is 0 Å². The Bertz CT molecular complexity index is 289. The minimum atomic E-state index is 0.244. The van der Waals surface area contributed by atoms with Gasteiger partial charge in [0.25, 0.3) is 0 Å². The summed E-state index contributed by atoms with van der Waals surface area (Å²) >= 11 is 0. The summed E-state index contributed by atoms with van der Waals surface area (Å²) in [5, 5.41) is 0. The van der Waals surface area contributed by atoms with E-state index in [4.69, 9.17) is 5.73 Å². The Labute approximate surface area is 117 Å². The summed E-state index contributed by atoms with van der Waals surface area (Å²) in [6.45, 7) is 2.28. The molecule has 19 heavy (non-hydrogen) atoms. The van der Waals surface area contributed by atoms with E-state index in [1.807, 2.05) is 7.05 Å². The minimum Gasteiger partial charge on any atom is -0.343 e. The zero-order valence-corrected chi connectivity index (χ0v) is 12.6. The number of carbonyl (C=O) groups is 1. The van der Waals surface area contributed by atoms with E-state index in [1.165, 1.54) is 32.1 Å². The first kappa shape index (κ1) is 14.8. The lowest BCUT2D eigenvalue weighted by molar-refractivity contribution is -0.138. The lowest BCUT2D eigenvalue weighted by Gasteiger charge is -2.37. The molecule has 0 heterocycles. The number of amides is 1. The lowest BCUT2D eigenvalue weighted by atomic mass is 9.82. The van der Waals surface area contributed by atoms with Crippen LogP contribution in [0, 0.1) is 11.8 Å². The first-order chi connectivity index (χ1) is 9.11. The minimum absolute atomic E-state index is 0.244. The van der Waals surface area contributed by atoms with Crippen molar-refractivity contribution in [2.45, 2.75) is 76.8 Å². The molecule has 0 aromatic rings. The van der Waals surface area contributed by atoms with Gasteiger partial charge >= 0.3 is 0 Å². The molecule has 2 aliphatic carbocycles. The first-order valence-electron chi connectivity index (χ1n) is 8.14. The highest BCUT2D eigenvalue weighted by Gasteiger charge is 2.31. The van der Waals surface area contributed by atoms with E-state index in [0.717, 1.165) is 31.6 Å². The fraction of sp³-hybridized carbons (Fsp3) is 0.938. The maximum absolute atomic E-state index is 12.5. The molecule has 110 valence electrons. The molecule has 0 aromatic heterocycles. The Hall–Kier alpha value is -0.570. The Morgan fingerprint density at radius 3 is 2.16 bits per heavy atom. The molecule has 2 rings (SSSR count). The summed E-state index contributed by atoms with van der Waals surface area (Å²) in [6.07, 6.45) is 10.3. The Balaban J connectivity index is 1.82. The smallest absolute Gasteiger partial charge is 0.225 e. The molecule has 2 fully saturated rings. The van der Waals surface area contributed by atoms with Crippen molar-refractivity contribution < 1.29 is 4.79 Å². The average molecular weight is 266 g/mol. The van der Waals surface area contributed by atoms with Gasteiger partial charge < -0.3 is 10.6 Å². The van der Waals surface area contributed by atoms with Gasteiger partial charge in [0.05, 0.1) is 0 Å². The molecule has 0 saturated heterocycles. The monoisotopic (exact) mass is 266 g/mol. The van der Waals surface area contributed by atoms with E-state index >= 15 is 0 Å². The molecule has 2 saturated carbocycles. The van der Waals surface area contributed by atoms with Crippen molar-refractivity contribution in [3.05, 3.63) is 0 Å². The quantitative estimate of drug-likeness (QED) is 0.853. The Kier molecular flexibility index (Phi) is 5.26. The van der Waals surface area contributed by atoms with E-state index in [9.17, 15) is 4.79 Å². The van der Waals surface area contributed by atoms with E-state index in [0.29, 0.717) is 18.0 Å². The summed E-state index contributed by atoms with van der Waals surface area (Å²) in [5.41, 5.74) is 5.92. The fourth-order valence-corrected chi connectivity index (χ4v) is 3.77. The maximum Gasteiger partial charge on any atom is 0.225 e. The molecule has 0 bridgehead atoms. The van der Waals surface area contributed by atoms with E-state index in [-0.39, 0.29) is 5.92 Å². The van der Waals surface area contributed by atoms with Crippen LogP contribution in [0.15, 0.2) is 0 Å². The van der Waals surface area contributed by atoms with Crippen molar-refractivity contribution in [3.63, 3.8) is 0 Å². The highest BCUT2D eigenvalue weighted by molar-refractivity contribution is 5.79. The maximum atomic E-state index is 12.5. The second kappa shape index (κ2) is 6.74. The average Bonchev–Trinajstić information content (AvgIpc) is 2.46. The van der Waals surface area contributed by atoms with E-state index < -0.39 is 0 Å². The van der Waals surface area contributed by atoms with Gasteiger partial charge in [-0.05, 0) is 57.3 Å². The van der Waals surface area contributed by atoms with Crippen LogP contribution < -0.4 is 5.73 Å². The highest BCUT2D eigenvalue weighted by atomic mass is 16.2. The number of nitrogens with zero attached hydrogens (tertiary/aromatic N) is 1. The number of carbonyl (C=O) groups excluding carboxylic acids is 1. The van der Waals surface area contributed by atoms with Gasteiger partial charge in [-0.3, -0.25) is 4.79 Å². The molecule has 3 heteroatoms. The molecule has 2 N–H and O–H groups in total. The van der Waals surface area contributed by atoms with Gasteiger partial charge in [-0.15, -0.1) is 0 Å². The number of hydrogen-bond acceptors (Lipinski definition) is 2. The van der Waals surface area contributed by atoms with Crippen LogP contribution in [0.25, 0.3) is 0 Å². The molecule has 0 aliphatic heterocycles. The van der Waals surface area contributed by atoms with Gasteiger partial charge in [-0.25, -0.2) is 0 Å². The van der Waals surface area contributed by atoms with E-state index in [2.05, 4.69) is 11.8 Å². The number of hydrogen-bond donors (Lipinski definition) is 1. The molecule has 2 aliphatic rings. The summed E-state index contributed by atoms with van der Waals surface area (Å²) in [5.74, 6) is 1.52. The number of nitrogens with two attached hydrogens (primary N) is 1. The fourth-order valence-electron chi connectivity index (χ4n) is 3.77. The second-order valence-corrected chi connectivity index (χ2v) is 6.64. The van der Waals surface area contributed by atoms with Crippen LogP contribution in [0.4, 0.5) is 0 Å². The molecular weight excluding hydrogens is 236 g/mol. The Morgan fingerprint density at radius 2 is 1.63 bits per heavy atom. The molecule has 0 spiro atoms. The normalized spacial score (nSPS) is 35.9. The topological polar surface area (TPSA) is 46.3 Å². The zero-order chi connectivity index (χ0) is 13.8. The molecule has 0 radical (unpaired) electrons. The molecular formula is C16H30N2O. The summed E-state index contributed by atoms with van der Waals surface area (Å²) < 4.78 is 0. The summed E-state index contributed by atoms with van der Waals surface area (Å²) in [4.78, 5) is 14.6. The summed E-state index contributed by atoms with van der Waals surface area (Å²) in [6, 6.07) is 0.820. The van der Waals surface area contributed by atoms with Crippen LogP contribution >= 0.6 is 0 Å². The predicted octanol–water partition coefficient (Wildman–Crippen LogP) is 2.93. The van der Waals surface area contributed by atoms with Gasteiger partial charge in [-0.1, -0.05) is 13.3 Å². The molecule has 1 amide bonds. The molecule has 0 unspecified atom stereocenters. The van der Waals surface area contributed by atoms with Gasteiger partial charge in [-0.2, -0.15) is 0 Å². The largest absolute Gasteiger partial charge is 0.343 e. The van der Waals surface area contributed by atoms with Crippen molar-refractivity contribution in [1.29, 1.82) is 0 Å². The molecule has 0 atom stereocenters. The second-order valence-electron chi connectivity index (χ2n) is 6.64. The van der Waals surface area contributed by atoms with Crippen molar-refractivity contribution in [2.24, 2.45) is 17.6 Å². The van der Waals surface area contributed by atoms with Crippen LogP contribution in [-0.2, 0) is 4.79 Å². The van der Waals surface area contributed by atoms with Gasteiger partial charge in [0, 0.05) is 25.0 Å². The SMILES string of the molecule is CCC1CCC(N(C)C(=O)C2CCC(N)CC2)CC1. The molecule has 3 nitrogen and oxygen atoms in total. The zero-order valence-electron chi connectivity index (χ0n) is 12.6. The van der Waals surface area contributed by atoms with Crippen molar-refractivity contribution >= 4 is 5.91 Å². The third-order valence-electron chi connectivity index (χ3n) is 5.41. The van der Waals surface area contributed by atoms with Crippen LogP contribution in [0.5, 0.6) is 0 Å². The predicted molar refractivity (Wildman–Crippen MR) is 78.7 cm³/mol. The van der Waals surface area contributed by atoms with Gasteiger partial charge in [0.1, 0.15) is 0 Å². The third kappa shape index (κ3) is 3.71. The first-order valence-corrected chi connectivity index (χ1v) is 8.14. The van der Waals surface area contributed by atoms with Gasteiger partial charge in [0.15, 0.2) is 0 Å². The number of rotatable bonds is 3. The van der Waals surface area contributed by atoms with Crippen LogP contribution in [-0.4, -0.2) is 29.9 Å². The van der Waals surface area contributed by atoms with Crippen molar-refractivity contribution in [1.82, 2.24) is 4.90 Å². The third-order valence-corrected chi connectivity index (χ3v) is 5.41. The van der Waals surface area contributed by atoms with E-state index in [1.54, 1.807) is 0 Å². The van der Waals surface area contributed by atoms with Gasteiger partial charge in [0.2, 0.25) is 5.91 Å². The standard InChI is InChI=1S/C16H30N2O/c1-3-12-4-10-15(11-5-12)18(2)16(19)13-6-8-14(17)9-7-13/h12-15H,3-11,17H2,1-2H3. The summed E-state index contributed by atoms with van der Waals surface area (Å²) in [7, 11) is 2.02. The van der Waals surface area contributed by atoms with Crippen LogP contribution in [0.1, 0.15) is 64.7 Å². The highest BCUT2D eigenvalue weighted by Crippen LogP contribution is 2.31. The lowest BCUT2D eigenvalue weighted by Crippen LogP contribution is -2.44. The Morgan fingerprint density at radius 1 is 1.05 bits per heavy atom.